The quantitative estimate of drug-likeness (QED) is 0.0824. The van der Waals surface area contributed by atoms with E-state index in [1.807, 2.05) is 0 Å². The van der Waals surface area contributed by atoms with Gasteiger partial charge < -0.3 is 37.0 Å². The first-order valence-electron chi connectivity index (χ1n) is 22.2. The first kappa shape index (κ1) is 51.0. The molecule has 1 aliphatic heterocycles. The standard InChI is InChI=1S/C36H82O9Si9/c1-2-3-4-5-6-7-8-9-10-11-12-13-14-15-16-17-18-19-20-21-22-23-24-25-26-27-28-32-35-54(36-33-30-29-31-34-36)44-52-42-50-40-48-38-46-37-47-39-49-41-51-43-53-45-54/h29-31,33-34H,2-28,32,35,46-53H2,1H3. The predicted molar refractivity (Wildman–Crippen MR) is 250 cm³/mol. The molecule has 18 heteroatoms. The Bertz CT molecular complexity index is 888. The van der Waals surface area contributed by atoms with Gasteiger partial charge in [0.05, 0.1) is 0 Å². The summed E-state index contributed by atoms with van der Waals surface area (Å²) in [6.45, 7) is 2.30. The Balaban J connectivity index is 1.45. The van der Waals surface area contributed by atoms with Crippen LogP contribution in [0, 0.1) is 0 Å². The average Bonchev–Trinajstić information content (AvgIpc) is 3.19. The van der Waals surface area contributed by atoms with Gasteiger partial charge in [-0.1, -0.05) is 217 Å². The summed E-state index contributed by atoms with van der Waals surface area (Å²) in [7, 11) is -11.3. The summed E-state index contributed by atoms with van der Waals surface area (Å²) < 4.78 is 53.6. The lowest BCUT2D eigenvalue weighted by atomic mass is 10.0. The molecule has 9 nitrogen and oxygen atoms in total. The van der Waals surface area contributed by atoms with Crippen LogP contribution in [0.3, 0.4) is 0 Å². The minimum atomic E-state index is -2.67. The van der Waals surface area contributed by atoms with Crippen LogP contribution < -0.4 is 5.19 Å². The number of benzene rings is 1. The van der Waals surface area contributed by atoms with Crippen molar-refractivity contribution in [2.45, 2.75) is 193 Å². The van der Waals surface area contributed by atoms with Crippen molar-refractivity contribution in [2.24, 2.45) is 0 Å². The van der Waals surface area contributed by atoms with E-state index in [2.05, 4.69) is 37.3 Å². The molecule has 0 bridgehead atoms. The largest absolute Gasteiger partial charge is 0.425 e. The van der Waals surface area contributed by atoms with Crippen LogP contribution in [-0.2, 0) is 37.0 Å². The van der Waals surface area contributed by atoms with Crippen molar-refractivity contribution in [1.29, 1.82) is 0 Å². The van der Waals surface area contributed by atoms with Gasteiger partial charge in [-0.25, -0.2) is 0 Å². The zero-order valence-electron chi connectivity index (χ0n) is 34.7. The minimum absolute atomic E-state index is 0.943. The van der Waals surface area contributed by atoms with Gasteiger partial charge in [-0.2, -0.15) is 0 Å². The van der Waals surface area contributed by atoms with Gasteiger partial charge in [-0.05, 0) is 11.2 Å². The lowest BCUT2D eigenvalue weighted by Gasteiger charge is -2.32. The first-order valence-corrected chi connectivity index (χ1v) is 33.5. The van der Waals surface area contributed by atoms with E-state index in [4.69, 9.17) is 37.0 Å². The maximum absolute atomic E-state index is 6.69. The highest BCUT2D eigenvalue weighted by Gasteiger charge is 2.39. The van der Waals surface area contributed by atoms with Crippen molar-refractivity contribution in [3.63, 3.8) is 0 Å². The van der Waals surface area contributed by atoms with Crippen LogP contribution in [0.1, 0.15) is 187 Å². The first-order chi connectivity index (χ1) is 26.9. The smallest absolute Gasteiger partial charge is 0.354 e. The zero-order valence-corrected chi connectivity index (χ0v) is 47.0. The van der Waals surface area contributed by atoms with Crippen LogP contribution in [0.5, 0.6) is 0 Å². The molecule has 0 atom stereocenters. The maximum atomic E-state index is 6.69. The molecule has 1 heterocycles. The molecule has 0 amide bonds. The van der Waals surface area contributed by atoms with Crippen molar-refractivity contribution >= 4 is 93.8 Å². The molecule has 0 aliphatic carbocycles. The SMILES string of the molecule is CCCCCCCCCCCCCCCCCCCCCCCCCCCCCC[Si]1(c2ccccc2)O[SiH2]O[SiH2]O[SiH2]O[SiH2]O[SiH2]O[SiH2]O[SiH2]O[SiH2]O1. The fourth-order valence-corrected chi connectivity index (χ4v) is 27.1. The lowest BCUT2D eigenvalue weighted by Crippen LogP contribution is -2.56. The van der Waals surface area contributed by atoms with Gasteiger partial charge in [-0.15, -0.1) is 0 Å². The summed E-state index contributed by atoms with van der Waals surface area (Å²) in [5.41, 5.74) is 0. The Morgan fingerprint density at radius 1 is 0.333 bits per heavy atom. The second-order valence-electron chi connectivity index (χ2n) is 15.1. The van der Waals surface area contributed by atoms with Crippen molar-refractivity contribution in [3.8, 4) is 0 Å². The summed E-state index contributed by atoms with van der Waals surface area (Å²) in [5, 5.41) is 1.19. The van der Waals surface area contributed by atoms with E-state index in [1.54, 1.807) is 0 Å². The second kappa shape index (κ2) is 40.6. The Labute approximate surface area is 352 Å². The molecule has 0 N–H and O–H groups in total. The fraction of sp³-hybridized carbons (Fsp3) is 0.833. The molecule has 0 spiro atoms. The van der Waals surface area contributed by atoms with Gasteiger partial charge in [0.15, 0.2) is 0 Å². The summed E-state index contributed by atoms with van der Waals surface area (Å²) >= 11 is 0. The van der Waals surface area contributed by atoms with Gasteiger partial charge in [0, 0.05) is 0 Å². The van der Waals surface area contributed by atoms with E-state index >= 15 is 0 Å². The molecule has 1 saturated heterocycles. The highest BCUT2D eigenvalue weighted by atomic mass is 28.5. The minimum Gasteiger partial charge on any atom is -0.425 e. The summed E-state index contributed by atoms with van der Waals surface area (Å²) in [6.07, 6.45) is 39.6. The molecule has 0 saturated carbocycles. The van der Waals surface area contributed by atoms with Gasteiger partial charge in [0.25, 0.3) is 80.1 Å². The fourth-order valence-electron chi connectivity index (χ4n) is 7.08. The molecule has 0 radical (unpaired) electrons. The van der Waals surface area contributed by atoms with Gasteiger partial charge in [0.1, 0.15) is 0 Å². The normalized spacial score (nSPS) is 22.2. The Kier molecular flexibility index (Phi) is 38.3. The molecular formula is C36H82O9Si9. The van der Waals surface area contributed by atoms with E-state index < -0.39 is 88.6 Å². The molecule has 54 heavy (non-hydrogen) atoms. The summed E-state index contributed by atoms with van der Waals surface area (Å²) in [5.74, 6) is 0. The zero-order chi connectivity index (χ0) is 38.1. The van der Waals surface area contributed by atoms with E-state index in [1.165, 1.54) is 179 Å². The summed E-state index contributed by atoms with van der Waals surface area (Å²) in [6, 6.07) is 11.5. The van der Waals surface area contributed by atoms with Gasteiger partial charge in [-0.3, -0.25) is 0 Å². The molecule has 316 valence electrons. The van der Waals surface area contributed by atoms with Crippen molar-refractivity contribution < 1.29 is 37.0 Å². The molecule has 1 fully saturated rings. The van der Waals surface area contributed by atoms with Gasteiger partial charge in [0.2, 0.25) is 0 Å². The summed E-state index contributed by atoms with van der Waals surface area (Å²) in [4.78, 5) is 0. The van der Waals surface area contributed by atoms with Crippen LogP contribution >= 0.6 is 0 Å². The molecule has 2 rings (SSSR count). The Hall–Kier alpha value is 0.812. The lowest BCUT2D eigenvalue weighted by molar-refractivity contribution is 0.328. The molecule has 1 aromatic carbocycles. The van der Waals surface area contributed by atoms with E-state index in [-0.39, 0.29) is 0 Å². The molecule has 0 unspecified atom stereocenters. The van der Waals surface area contributed by atoms with Crippen LogP contribution in [0.25, 0.3) is 0 Å². The number of hydrogen-bond donors (Lipinski definition) is 0. The van der Waals surface area contributed by atoms with Crippen molar-refractivity contribution in [1.82, 2.24) is 0 Å². The number of hydrogen-bond acceptors (Lipinski definition) is 9. The third-order valence-electron chi connectivity index (χ3n) is 10.3. The topological polar surface area (TPSA) is 83.1 Å². The van der Waals surface area contributed by atoms with E-state index in [9.17, 15) is 0 Å². The Morgan fingerprint density at radius 2 is 0.593 bits per heavy atom. The van der Waals surface area contributed by atoms with Crippen molar-refractivity contribution in [3.05, 3.63) is 30.3 Å². The Morgan fingerprint density at radius 3 is 0.889 bits per heavy atom. The average molecular weight is 912 g/mol. The number of rotatable bonds is 30. The van der Waals surface area contributed by atoms with E-state index in [0.717, 1.165) is 12.5 Å². The number of unbranched alkanes of at least 4 members (excludes halogenated alkanes) is 27. The second-order valence-corrected chi connectivity index (χ2v) is 33.3. The van der Waals surface area contributed by atoms with Gasteiger partial charge >= 0.3 is 8.56 Å². The third-order valence-corrected chi connectivity index (χ3v) is 26.6. The predicted octanol–water partition coefficient (Wildman–Crippen LogP) is 4.43. The molecular weight excluding hydrogens is 829 g/mol. The van der Waals surface area contributed by atoms with Crippen LogP contribution in [0.2, 0.25) is 6.04 Å². The van der Waals surface area contributed by atoms with Crippen LogP contribution in [0.15, 0.2) is 30.3 Å². The van der Waals surface area contributed by atoms with Crippen molar-refractivity contribution in [2.75, 3.05) is 0 Å². The molecule has 1 aliphatic rings. The highest BCUT2D eigenvalue weighted by Crippen LogP contribution is 2.21. The third kappa shape index (κ3) is 30.8. The molecule has 1 aromatic rings. The molecule has 0 aromatic heterocycles. The highest BCUT2D eigenvalue weighted by molar-refractivity contribution is 6.86. The van der Waals surface area contributed by atoms with E-state index in [0.29, 0.717) is 0 Å². The maximum Gasteiger partial charge on any atom is 0.354 e. The van der Waals surface area contributed by atoms with Crippen LogP contribution in [-0.4, -0.2) is 88.6 Å². The monoisotopic (exact) mass is 910 g/mol. The van der Waals surface area contributed by atoms with Crippen LogP contribution in [0.4, 0.5) is 0 Å².